The normalized spacial score (nSPS) is 16.6. The van der Waals surface area contributed by atoms with E-state index in [9.17, 15) is 0 Å². The highest BCUT2D eigenvalue weighted by Crippen LogP contribution is 2.21. The van der Waals surface area contributed by atoms with Gasteiger partial charge >= 0.3 is 0 Å². The minimum Gasteiger partial charge on any atom is -0.493 e. The van der Waals surface area contributed by atoms with Crippen LogP contribution in [-0.4, -0.2) is 49.2 Å². The van der Waals surface area contributed by atoms with Gasteiger partial charge in [-0.2, -0.15) is 0 Å². The molecule has 1 fully saturated rings. The van der Waals surface area contributed by atoms with Crippen LogP contribution in [-0.2, 0) is 0 Å². The van der Waals surface area contributed by atoms with Crippen LogP contribution in [0.4, 0.5) is 0 Å². The van der Waals surface area contributed by atoms with Crippen molar-refractivity contribution in [3.05, 3.63) is 24.1 Å². The van der Waals surface area contributed by atoms with E-state index in [0.29, 0.717) is 5.89 Å². The molecule has 5 heteroatoms. The summed E-state index contributed by atoms with van der Waals surface area (Å²) in [5, 5.41) is 3.36. The molecule has 1 aliphatic rings. The minimum atomic E-state index is 0.691. The summed E-state index contributed by atoms with van der Waals surface area (Å²) in [7, 11) is 0. The van der Waals surface area contributed by atoms with Gasteiger partial charge in [0.1, 0.15) is 11.3 Å². The fraction of sp³-hybridized carbons (Fsp3) is 0.533. The second-order valence-electron chi connectivity index (χ2n) is 5.16. The molecule has 2 aromatic rings. The van der Waals surface area contributed by atoms with Crippen LogP contribution < -0.4 is 10.1 Å². The van der Waals surface area contributed by atoms with Gasteiger partial charge in [-0.15, -0.1) is 0 Å². The fourth-order valence-electron chi connectivity index (χ4n) is 2.52. The van der Waals surface area contributed by atoms with Crippen LogP contribution in [0.25, 0.3) is 11.1 Å². The molecule has 0 radical (unpaired) electrons. The molecule has 1 aliphatic heterocycles. The van der Waals surface area contributed by atoms with E-state index in [1.807, 2.05) is 25.1 Å². The molecule has 1 aromatic carbocycles. The number of piperazine rings is 1. The van der Waals surface area contributed by atoms with Crippen molar-refractivity contribution >= 4 is 11.1 Å². The van der Waals surface area contributed by atoms with Crippen molar-refractivity contribution < 1.29 is 9.15 Å². The van der Waals surface area contributed by atoms with Gasteiger partial charge in [-0.1, -0.05) is 0 Å². The van der Waals surface area contributed by atoms with Crippen molar-refractivity contribution in [2.24, 2.45) is 0 Å². The molecular formula is C15H21N3O2. The van der Waals surface area contributed by atoms with Gasteiger partial charge in [-0.25, -0.2) is 4.98 Å². The fourth-order valence-corrected chi connectivity index (χ4v) is 2.52. The molecule has 0 saturated carbocycles. The smallest absolute Gasteiger partial charge is 0.192 e. The molecule has 0 aliphatic carbocycles. The number of aromatic nitrogens is 1. The van der Waals surface area contributed by atoms with E-state index in [2.05, 4.69) is 15.2 Å². The van der Waals surface area contributed by atoms with E-state index in [0.717, 1.165) is 62.6 Å². The van der Waals surface area contributed by atoms with Gasteiger partial charge in [0, 0.05) is 45.7 Å². The van der Waals surface area contributed by atoms with Gasteiger partial charge in [0.15, 0.2) is 11.5 Å². The average Bonchev–Trinajstić information content (AvgIpc) is 2.84. The molecule has 1 saturated heterocycles. The number of ether oxygens (including phenoxy) is 1. The number of hydrogen-bond donors (Lipinski definition) is 1. The Hall–Kier alpha value is -1.59. The van der Waals surface area contributed by atoms with Crippen LogP contribution in [0.5, 0.6) is 5.75 Å². The number of nitrogens with one attached hydrogen (secondary N) is 1. The van der Waals surface area contributed by atoms with Crippen LogP contribution in [0.15, 0.2) is 22.6 Å². The van der Waals surface area contributed by atoms with Crippen LogP contribution in [0.1, 0.15) is 12.3 Å². The quantitative estimate of drug-likeness (QED) is 0.843. The second kappa shape index (κ2) is 6.24. The lowest BCUT2D eigenvalue weighted by Crippen LogP contribution is -2.43. The van der Waals surface area contributed by atoms with Gasteiger partial charge < -0.3 is 19.4 Å². The lowest BCUT2D eigenvalue weighted by molar-refractivity contribution is 0.214. The summed E-state index contributed by atoms with van der Waals surface area (Å²) in [5.74, 6) is 1.55. The van der Waals surface area contributed by atoms with Crippen molar-refractivity contribution in [3.63, 3.8) is 0 Å². The number of hydrogen-bond acceptors (Lipinski definition) is 5. The number of fused-ring (bicyclic) bond motifs is 1. The Kier molecular flexibility index (Phi) is 4.18. The number of oxazole rings is 1. The molecule has 5 nitrogen and oxygen atoms in total. The predicted octanol–water partition coefficient (Wildman–Crippen LogP) is 1.81. The Labute approximate surface area is 118 Å². The lowest BCUT2D eigenvalue weighted by Gasteiger charge is -2.26. The van der Waals surface area contributed by atoms with Crippen LogP contribution in [0, 0.1) is 6.92 Å². The molecule has 0 spiro atoms. The SMILES string of the molecule is Cc1nc2ccc(OCCCN3CCNCC3)cc2o1. The van der Waals surface area contributed by atoms with Crippen molar-refractivity contribution in [2.45, 2.75) is 13.3 Å². The zero-order valence-corrected chi connectivity index (χ0v) is 11.9. The highest BCUT2D eigenvalue weighted by atomic mass is 16.5. The van der Waals surface area contributed by atoms with Gasteiger partial charge in [0.05, 0.1) is 6.61 Å². The third kappa shape index (κ3) is 3.29. The third-order valence-corrected chi connectivity index (χ3v) is 3.56. The maximum atomic E-state index is 5.78. The van der Waals surface area contributed by atoms with E-state index in [1.54, 1.807) is 0 Å². The van der Waals surface area contributed by atoms with E-state index in [4.69, 9.17) is 9.15 Å². The standard InChI is InChI=1S/C15H21N3O2/c1-12-17-14-4-3-13(11-15(14)20-12)19-10-2-7-18-8-5-16-6-9-18/h3-4,11,16H,2,5-10H2,1H3. The Bertz CT molecular complexity index is 561. The molecular weight excluding hydrogens is 254 g/mol. The summed E-state index contributed by atoms with van der Waals surface area (Å²) < 4.78 is 11.3. The van der Waals surface area contributed by atoms with Crippen molar-refractivity contribution in [3.8, 4) is 5.75 Å². The van der Waals surface area contributed by atoms with Crippen LogP contribution in [0.2, 0.25) is 0 Å². The lowest BCUT2D eigenvalue weighted by atomic mass is 10.3. The van der Waals surface area contributed by atoms with Gasteiger partial charge in [0.25, 0.3) is 0 Å². The zero-order valence-electron chi connectivity index (χ0n) is 11.9. The molecule has 2 heterocycles. The van der Waals surface area contributed by atoms with E-state index < -0.39 is 0 Å². The Morgan fingerprint density at radius 1 is 1.35 bits per heavy atom. The first kappa shape index (κ1) is 13.4. The van der Waals surface area contributed by atoms with Gasteiger partial charge in [0.2, 0.25) is 0 Å². The molecule has 1 aromatic heterocycles. The van der Waals surface area contributed by atoms with E-state index >= 15 is 0 Å². The number of nitrogens with zero attached hydrogens (tertiary/aromatic N) is 2. The Morgan fingerprint density at radius 3 is 3.05 bits per heavy atom. The Balaban J connectivity index is 1.46. The summed E-state index contributed by atoms with van der Waals surface area (Å²) in [5.41, 5.74) is 1.68. The largest absolute Gasteiger partial charge is 0.493 e. The highest BCUT2D eigenvalue weighted by molar-refractivity contribution is 5.74. The minimum absolute atomic E-state index is 0.691. The second-order valence-corrected chi connectivity index (χ2v) is 5.16. The molecule has 1 N–H and O–H groups in total. The highest BCUT2D eigenvalue weighted by Gasteiger charge is 2.08. The zero-order chi connectivity index (χ0) is 13.8. The third-order valence-electron chi connectivity index (χ3n) is 3.56. The Morgan fingerprint density at radius 2 is 2.20 bits per heavy atom. The molecule has 3 rings (SSSR count). The predicted molar refractivity (Wildman–Crippen MR) is 78.2 cm³/mol. The first-order chi connectivity index (χ1) is 9.81. The summed E-state index contributed by atoms with van der Waals surface area (Å²) >= 11 is 0. The molecule has 0 bridgehead atoms. The average molecular weight is 275 g/mol. The maximum absolute atomic E-state index is 5.78. The molecule has 0 amide bonds. The van der Waals surface area contributed by atoms with E-state index in [-0.39, 0.29) is 0 Å². The summed E-state index contributed by atoms with van der Waals surface area (Å²) in [6.07, 6.45) is 1.05. The van der Waals surface area contributed by atoms with Crippen molar-refractivity contribution in [2.75, 3.05) is 39.3 Å². The summed E-state index contributed by atoms with van der Waals surface area (Å²) in [4.78, 5) is 6.75. The number of aryl methyl sites for hydroxylation is 1. The van der Waals surface area contributed by atoms with Gasteiger partial charge in [-0.05, 0) is 18.6 Å². The van der Waals surface area contributed by atoms with Crippen molar-refractivity contribution in [1.82, 2.24) is 15.2 Å². The topological polar surface area (TPSA) is 50.5 Å². The molecule has 0 unspecified atom stereocenters. The monoisotopic (exact) mass is 275 g/mol. The maximum Gasteiger partial charge on any atom is 0.192 e. The molecule has 0 atom stereocenters. The first-order valence-corrected chi connectivity index (χ1v) is 7.24. The van der Waals surface area contributed by atoms with Crippen LogP contribution in [0.3, 0.4) is 0 Å². The first-order valence-electron chi connectivity index (χ1n) is 7.24. The summed E-state index contributed by atoms with van der Waals surface area (Å²) in [6, 6.07) is 5.81. The molecule has 108 valence electrons. The van der Waals surface area contributed by atoms with Gasteiger partial charge in [-0.3, -0.25) is 0 Å². The van der Waals surface area contributed by atoms with Crippen molar-refractivity contribution in [1.29, 1.82) is 0 Å². The molecule has 20 heavy (non-hydrogen) atoms. The summed E-state index contributed by atoms with van der Waals surface area (Å²) in [6.45, 7) is 8.18. The number of benzene rings is 1. The van der Waals surface area contributed by atoms with Crippen LogP contribution >= 0.6 is 0 Å². The van der Waals surface area contributed by atoms with E-state index in [1.165, 1.54) is 0 Å². The number of rotatable bonds is 5.